The zero-order valence-corrected chi connectivity index (χ0v) is 19.8. The predicted molar refractivity (Wildman–Crippen MR) is 126 cm³/mol. The molecule has 1 N–H and O–H groups in total. The van der Waals surface area contributed by atoms with Crippen LogP contribution in [0.3, 0.4) is 0 Å². The highest BCUT2D eigenvalue weighted by molar-refractivity contribution is 7.89. The molecule has 0 spiro atoms. The van der Waals surface area contributed by atoms with Crippen LogP contribution in [0.25, 0.3) is 16.7 Å². The van der Waals surface area contributed by atoms with Gasteiger partial charge in [-0.3, -0.25) is 9.20 Å². The van der Waals surface area contributed by atoms with Crippen LogP contribution < -0.4 is 5.32 Å². The van der Waals surface area contributed by atoms with Crippen LogP contribution in [-0.2, 0) is 34.8 Å². The van der Waals surface area contributed by atoms with E-state index in [1.165, 1.54) is 0 Å². The molecule has 4 aromatic rings. The lowest BCUT2D eigenvalue weighted by molar-refractivity contribution is -0.121. The standard InChI is InChI=1S/C23H27N7O3S/c1-28-19-9-8-17(34(32,33)29-12-4-2-5-13-29)15-18(19)25-20(28)10-11-23(31)24-16-22-27-26-21-7-3-6-14-30(21)22/h3,6-9,14-15H,2,4-5,10-13,16H2,1H3,(H,24,31). The number of carbonyl (C=O) groups excluding carboxylic acids is 1. The molecule has 178 valence electrons. The number of fused-ring (bicyclic) bond motifs is 2. The fraction of sp³-hybridized carbons (Fsp3) is 0.391. The smallest absolute Gasteiger partial charge is 0.243 e. The van der Waals surface area contributed by atoms with E-state index in [4.69, 9.17) is 0 Å². The summed E-state index contributed by atoms with van der Waals surface area (Å²) in [6.07, 6.45) is 5.40. The molecule has 0 aliphatic carbocycles. The van der Waals surface area contributed by atoms with Crippen LogP contribution in [0.15, 0.2) is 47.5 Å². The number of carbonyl (C=O) groups is 1. The van der Waals surface area contributed by atoms with Crippen molar-refractivity contribution in [3.8, 4) is 0 Å². The summed E-state index contributed by atoms with van der Waals surface area (Å²) in [5.41, 5.74) is 2.18. The van der Waals surface area contributed by atoms with E-state index in [-0.39, 0.29) is 23.8 Å². The number of nitrogens with one attached hydrogen (secondary N) is 1. The Kier molecular flexibility index (Phi) is 6.05. The fourth-order valence-electron chi connectivity index (χ4n) is 4.37. The lowest BCUT2D eigenvalue weighted by atomic mass is 10.2. The van der Waals surface area contributed by atoms with Gasteiger partial charge in [-0.15, -0.1) is 10.2 Å². The van der Waals surface area contributed by atoms with Gasteiger partial charge in [-0.2, -0.15) is 4.31 Å². The SMILES string of the molecule is Cn1c(CCC(=O)NCc2nnc3ccccn23)nc2cc(S(=O)(=O)N3CCCCC3)ccc21. The fourth-order valence-corrected chi connectivity index (χ4v) is 5.91. The zero-order valence-electron chi connectivity index (χ0n) is 19.0. The highest BCUT2D eigenvalue weighted by Crippen LogP contribution is 2.25. The van der Waals surface area contributed by atoms with E-state index in [1.54, 1.807) is 22.5 Å². The Hall–Kier alpha value is -3.31. The van der Waals surface area contributed by atoms with Gasteiger partial charge in [-0.1, -0.05) is 12.5 Å². The van der Waals surface area contributed by atoms with E-state index in [0.717, 1.165) is 36.3 Å². The minimum absolute atomic E-state index is 0.117. The first kappa shape index (κ1) is 22.5. The van der Waals surface area contributed by atoms with Crippen molar-refractivity contribution in [2.45, 2.75) is 43.5 Å². The molecule has 4 heterocycles. The summed E-state index contributed by atoms with van der Waals surface area (Å²) in [4.78, 5) is 17.3. The first-order valence-corrected chi connectivity index (χ1v) is 12.9. The molecule has 1 aromatic carbocycles. The molecule has 1 amide bonds. The van der Waals surface area contributed by atoms with Crippen LogP contribution in [0.1, 0.15) is 37.3 Å². The number of hydrogen-bond acceptors (Lipinski definition) is 6. The summed E-state index contributed by atoms with van der Waals surface area (Å²) in [5.74, 6) is 1.27. The van der Waals surface area contributed by atoms with Gasteiger partial charge < -0.3 is 9.88 Å². The van der Waals surface area contributed by atoms with Crippen LogP contribution in [0.5, 0.6) is 0 Å². The van der Waals surface area contributed by atoms with E-state index in [0.29, 0.717) is 30.9 Å². The van der Waals surface area contributed by atoms with Gasteiger partial charge in [0, 0.05) is 39.2 Å². The number of piperidine rings is 1. The highest BCUT2D eigenvalue weighted by atomic mass is 32.2. The number of amides is 1. The van der Waals surface area contributed by atoms with E-state index >= 15 is 0 Å². The van der Waals surface area contributed by atoms with Crippen LogP contribution in [-0.4, -0.2) is 55.9 Å². The van der Waals surface area contributed by atoms with Gasteiger partial charge in [0.2, 0.25) is 15.9 Å². The number of imidazole rings is 1. The lowest BCUT2D eigenvalue weighted by Gasteiger charge is -2.25. The number of aryl methyl sites for hydroxylation is 2. The molecule has 1 saturated heterocycles. The average Bonchev–Trinajstić information content (AvgIpc) is 3.42. The predicted octanol–water partition coefficient (Wildman–Crippen LogP) is 2.04. The molecule has 0 bridgehead atoms. The van der Waals surface area contributed by atoms with Gasteiger partial charge in [0.25, 0.3) is 0 Å². The Morgan fingerprint density at radius 1 is 1.06 bits per heavy atom. The van der Waals surface area contributed by atoms with Crippen molar-refractivity contribution >= 4 is 32.6 Å². The van der Waals surface area contributed by atoms with E-state index in [1.807, 2.05) is 40.4 Å². The van der Waals surface area contributed by atoms with Gasteiger partial charge in [0.1, 0.15) is 5.82 Å². The van der Waals surface area contributed by atoms with Gasteiger partial charge >= 0.3 is 0 Å². The number of rotatable bonds is 7. The van der Waals surface area contributed by atoms with E-state index in [2.05, 4.69) is 20.5 Å². The number of nitrogens with zero attached hydrogens (tertiary/aromatic N) is 6. The maximum atomic E-state index is 13.0. The summed E-state index contributed by atoms with van der Waals surface area (Å²) in [6.45, 7) is 1.41. The van der Waals surface area contributed by atoms with Crippen LogP contribution in [0.2, 0.25) is 0 Å². The normalized spacial score (nSPS) is 15.2. The van der Waals surface area contributed by atoms with Gasteiger partial charge in [-0.05, 0) is 43.2 Å². The van der Waals surface area contributed by atoms with Gasteiger partial charge in [0.15, 0.2) is 11.5 Å². The van der Waals surface area contributed by atoms with Crippen molar-refractivity contribution in [3.63, 3.8) is 0 Å². The molecule has 1 aliphatic heterocycles. The summed E-state index contributed by atoms with van der Waals surface area (Å²) in [7, 11) is -1.64. The van der Waals surface area contributed by atoms with Crippen LogP contribution in [0.4, 0.5) is 0 Å². The third kappa shape index (κ3) is 4.28. The molecule has 11 heteroatoms. The van der Waals surface area contributed by atoms with Crippen molar-refractivity contribution in [1.82, 2.24) is 33.8 Å². The number of pyridine rings is 1. The molecule has 0 unspecified atom stereocenters. The Balaban J connectivity index is 1.25. The molecule has 3 aromatic heterocycles. The Morgan fingerprint density at radius 2 is 1.88 bits per heavy atom. The molecular formula is C23H27N7O3S. The summed E-state index contributed by atoms with van der Waals surface area (Å²) < 4.78 is 31.3. The van der Waals surface area contributed by atoms with Crippen molar-refractivity contribution in [2.24, 2.45) is 7.05 Å². The first-order valence-electron chi connectivity index (χ1n) is 11.4. The highest BCUT2D eigenvalue weighted by Gasteiger charge is 2.26. The largest absolute Gasteiger partial charge is 0.349 e. The Bertz CT molecular complexity index is 1450. The van der Waals surface area contributed by atoms with Crippen LogP contribution in [0, 0.1) is 0 Å². The van der Waals surface area contributed by atoms with E-state index in [9.17, 15) is 13.2 Å². The maximum Gasteiger partial charge on any atom is 0.243 e. The number of sulfonamides is 1. The zero-order chi connectivity index (χ0) is 23.7. The molecule has 0 radical (unpaired) electrons. The summed E-state index contributed by atoms with van der Waals surface area (Å²) in [6, 6.07) is 10.7. The lowest BCUT2D eigenvalue weighted by Crippen LogP contribution is -2.35. The molecule has 1 fully saturated rings. The number of benzene rings is 1. The van der Waals surface area contributed by atoms with Crippen molar-refractivity contribution in [1.29, 1.82) is 0 Å². The average molecular weight is 482 g/mol. The van der Waals surface area contributed by atoms with Crippen molar-refractivity contribution in [2.75, 3.05) is 13.1 Å². The summed E-state index contributed by atoms with van der Waals surface area (Å²) >= 11 is 0. The topological polar surface area (TPSA) is 114 Å². The monoisotopic (exact) mass is 481 g/mol. The molecule has 5 rings (SSSR count). The minimum atomic E-state index is -3.52. The number of aromatic nitrogens is 5. The second-order valence-corrected chi connectivity index (χ2v) is 10.5. The minimum Gasteiger partial charge on any atom is -0.349 e. The van der Waals surface area contributed by atoms with Crippen molar-refractivity contribution in [3.05, 3.63) is 54.2 Å². The Morgan fingerprint density at radius 3 is 2.71 bits per heavy atom. The van der Waals surface area contributed by atoms with E-state index < -0.39 is 10.0 Å². The van der Waals surface area contributed by atoms with Gasteiger partial charge in [0.05, 0.1) is 22.5 Å². The second kappa shape index (κ2) is 9.15. The second-order valence-electron chi connectivity index (χ2n) is 8.52. The molecular weight excluding hydrogens is 454 g/mol. The third-order valence-electron chi connectivity index (χ3n) is 6.30. The molecule has 1 aliphatic rings. The van der Waals surface area contributed by atoms with Crippen LogP contribution >= 0.6 is 0 Å². The molecule has 10 nitrogen and oxygen atoms in total. The van der Waals surface area contributed by atoms with Crippen molar-refractivity contribution < 1.29 is 13.2 Å². The Labute approximate surface area is 197 Å². The van der Waals surface area contributed by atoms with Gasteiger partial charge in [-0.25, -0.2) is 13.4 Å². The third-order valence-corrected chi connectivity index (χ3v) is 8.20. The molecule has 0 atom stereocenters. The summed E-state index contributed by atoms with van der Waals surface area (Å²) in [5, 5.41) is 11.1. The maximum absolute atomic E-state index is 13.0. The first-order chi connectivity index (χ1) is 16.4. The quantitative estimate of drug-likeness (QED) is 0.432. The molecule has 0 saturated carbocycles. The number of hydrogen-bond donors (Lipinski definition) is 1. The molecule has 34 heavy (non-hydrogen) atoms.